The molecule has 1 unspecified atom stereocenters. The van der Waals surface area contributed by atoms with Crippen LogP contribution in [0.2, 0.25) is 0 Å². The van der Waals surface area contributed by atoms with Gasteiger partial charge in [-0.3, -0.25) is 4.79 Å². The standard InChI is InChI=1S/C13H17NO4/c1-18-12-5-2-10(3-6-12)4-7-13(17)14-8-11(16)9-15/h2-7,11,15-16H,8-9H2,1H3,(H,14,17). The molecule has 0 heterocycles. The zero-order valence-corrected chi connectivity index (χ0v) is 10.2. The second kappa shape index (κ2) is 7.47. The van der Waals surface area contributed by atoms with Gasteiger partial charge >= 0.3 is 0 Å². The van der Waals surface area contributed by atoms with Crippen molar-refractivity contribution in [2.75, 3.05) is 20.3 Å². The van der Waals surface area contributed by atoms with Crippen molar-refractivity contribution in [3.8, 4) is 5.75 Å². The minimum Gasteiger partial charge on any atom is -0.497 e. The smallest absolute Gasteiger partial charge is 0.244 e. The zero-order valence-electron chi connectivity index (χ0n) is 10.2. The molecule has 0 radical (unpaired) electrons. The van der Waals surface area contributed by atoms with Crippen molar-refractivity contribution < 1.29 is 19.7 Å². The first-order valence-electron chi connectivity index (χ1n) is 5.54. The predicted octanol–water partition coefficient (Wildman–Crippen LogP) is 0.178. The number of aliphatic hydroxyl groups is 2. The molecule has 0 aromatic heterocycles. The highest BCUT2D eigenvalue weighted by Crippen LogP contribution is 2.12. The van der Waals surface area contributed by atoms with Crippen LogP contribution in [0.3, 0.4) is 0 Å². The van der Waals surface area contributed by atoms with E-state index in [0.29, 0.717) is 0 Å². The number of hydrogen-bond acceptors (Lipinski definition) is 4. The summed E-state index contributed by atoms with van der Waals surface area (Å²) in [4.78, 5) is 11.3. The molecular weight excluding hydrogens is 234 g/mol. The molecule has 98 valence electrons. The van der Waals surface area contributed by atoms with Gasteiger partial charge in [-0.15, -0.1) is 0 Å². The molecule has 0 aliphatic carbocycles. The summed E-state index contributed by atoms with van der Waals surface area (Å²) >= 11 is 0. The number of amides is 1. The molecule has 1 aromatic rings. The number of benzene rings is 1. The van der Waals surface area contributed by atoms with E-state index < -0.39 is 6.10 Å². The lowest BCUT2D eigenvalue weighted by Crippen LogP contribution is -2.32. The normalized spacial score (nSPS) is 12.4. The Morgan fingerprint density at radius 1 is 1.44 bits per heavy atom. The van der Waals surface area contributed by atoms with E-state index in [2.05, 4.69) is 5.32 Å². The average molecular weight is 251 g/mol. The van der Waals surface area contributed by atoms with E-state index in [1.165, 1.54) is 6.08 Å². The number of hydrogen-bond donors (Lipinski definition) is 3. The maximum atomic E-state index is 11.3. The minimum absolute atomic E-state index is 0.0300. The Morgan fingerprint density at radius 3 is 2.67 bits per heavy atom. The number of carbonyl (C=O) groups is 1. The van der Waals surface area contributed by atoms with Crippen LogP contribution in [-0.2, 0) is 4.79 Å². The van der Waals surface area contributed by atoms with Crippen LogP contribution in [0.1, 0.15) is 5.56 Å². The maximum Gasteiger partial charge on any atom is 0.244 e. The Morgan fingerprint density at radius 2 is 2.11 bits per heavy atom. The maximum absolute atomic E-state index is 11.3. The van der Waals surface area contributed by atoms with Crippen molar-refractivity contribution in [2.45, 2.75) is 6.10 Å². The summed E-state index contributed by atoms with van der Waals surface area (Å²) < 4.78 is 5.02. The van der Waals surface area contributed by atoms with E-state index in [4.69, 9.17) is 14.9 Å². The largest absolute Gasteiger partial charge is 0.497 e. The van der Waals surface area contributed by atoms with Crippen LogP contribution < -0.4 is 10.1 Å². The molecule has 0 aliphatic heterocycles. The van der Waals surface area contributed by atoms with Gasteiger partial charge in [0.15, 0.2) is 0 Å². The third kappa shape index (κ3) is 4.99. The van der Waals surface area contributed by atoms with Crippen molar-refractivity contribution in [1.29, 1.82) is 0 Å². The molecule has 1 aromatic carbocycles. The molecule has 0 spiro atoms. The minimum atomic E-state index is -0.927. The Balaban J connectivity index is 2.45. The molecule has 1 amide bonds. The predicted molar refractivity (Wildman–Crippen MR) is 68.1 cm³/mol. The van der Waals surface area contributed by atoms with Crippen LogP contribution in [0.25, 0.3) is 6.08 Å². The first-order valence-corrected chi connectivity index (χ1v) is 5.54. The molecule has 0 saturated carbocycles. The van der Waals surface area contributed by atoms with Crippen molar-refractivity contribution >= 4 is 12.0 Å². The summed E-state index contributed by atoms with van der Waals surface area (Å²) in [5.41, 5.74) is 0.869. The SMILES string of the molecule is COc1ccc(C=CC(=O)NCC(O)CO)cc1. The van der Waals surface area contributed by atoms with Crippen LogP contribution in [0.5, 0.6) is 5.75 Å². The van der Waals surface area contributed by atoms with Gasteiger partial charge in [-0.2, -0.15) is 0 Å². The fraction of sp³-hybridized carbons (Fsp3) is 0.308. The highest BCUT2D eigenvalue weighted by atomic mass is 16.5. The van der Waals surface area contributed by atoms with Crippen LogP contribution >= 0.6 is 0 Å². The van der Waals surface area contributed by atoms with Gasteiger partial charge in [-0.1, -0.05) is 12.1 Å². The Labute approximate surface area is 106 Å². The molecular formula is C13H17NO4. The van der Waals surface area contributed by atoms with Crippen molar-refractivity contribution in [1.82, 2.24) is 5.32 Å². The van der Waals surface area contributed by atoms with Crippen LogP contribution in [0.15, 0.2) is 30.3 Å². The molecule has 18 heavy (non-hydrogen) atoms. The summed E-state index contributed by atoms with van der Waals surface area (Å²) in [5.74, 6) is 0.431. The molecule has 0 bridgehead atoms. The Bertz CT molecular complexity index is 400. The molecule has 0 fully saturated rings. The number of rotatable bonds is 6. The third-order valence-corrected chi connectivity index (χ3v) is 2.27. The van der Waals surface area contributed by atoms with E-state index in [1.54, 1.807) is 25.3 Å². The lowest BCUT2D eigenvalue weighted by atomic mass is 10.2. The molecule has 1 atom stereocenters. The van der Waals surface area contributed by atoms with Gasteiger partial charge in [0.2, 0.25) is 5.91 Å². The van der Waals surface area contributed by atoms with Crippen LogP contribution in [0, 0.1) is 0 Å². The number of aliphatic hydroxyl groups excluding tert-OH is 2. The van der Waals surface area contributed by atoms with Gasteiger partial charge in [0.1, 0.15) is 5.75 Å². The second-order valence-electron chi connectivity index (χ2n) is 3.69. The third-order valence-electron chi connectivity index (χ3n) is 2.27. The number of nitrogens with one attached hydrogen (secondary N) is 1. The first kappa shape index (κ1) is 14.2. The Kier molecular flexibility index (Phi) is 5.90. The number of methoxy groups -OCH3 is 1. The number of carbonyl (C=O) groups excluding carboxylic acids is 1. The van der Waals surface area contributed by atoms with E-state index in [1.807, 2.05) is 12.1 Å². The van der Waals surface area contributed by atoms with Gasteiger partial charge in [0.25, 0.3) is 0 Å². The monoisotopic (exact) mass is 251 g/mol. The molecule has 1 rings (SSSR count). The first-order chi connectivity index (χ1) is 8.65. The zero-order chi connectivity index (χ0) is 13.4. The highest BCUT2D eigenvalue weighted by molar-refractivity contribution is 5.91. The summed E-state index contributed by atoms with van der Waals surface area (Å²) in [6.45, 7) is -0.342. The fourth-order valence-electron chi connectivity index (χ4n) is 1.23. The second-order valence-corrected chi connectivity index (χ2v) is 3.69. The topological polar surface area (TPSA) is 78.8 Å². The molecule has 0 aliphatic rings. The lowest BCUT2D eigenvalue weighted by molar-refractivity contribution is -0.117. The van der Waals surface area contributed by atoms with Gasteiger partial charge in [0, 0.05) is 12.6 Å². The summed E-state index contributed by atoms with van der Waals surface area (Å²) in [6, 6.07) is 7.25. The van der Waals surface area contributed by atoms with Gasteiger partial charge in [-0.25, -0.2) is 0 Å². The van der Waals surface area contributed by atoms with Gasteiger partial charge < -0.3 is 20.3 Å². The van der Waals surface area contributed by atoms with Gasteiger partial charge in [0.05, 0.1) is 19.8 Å². The van der Waals surface area contributed by atoms with E-state index in [9.17, 15) is 4.79 Å². The summed E-state index contributed by atoms with van der Waals surface area (Å²) in [7, 11) is 1.59. The van der Waals surface area contributed by atoms with Gasteiger partial charge in [-0.05, 0) is 23.8 Å². The average Bonchev–Trinajstić information content (AvgIpc) is 2.42. The summed E-state index contributed by atoms with van der Waals surface area (Å²) in [6.07, 6.45) is 2.09. The Hall–Kier alpha value is -1.85. The van der Waals surface area contributed by atoms with E-state index in [-0.39, 0.29) is 19.1 Å². The van der Waals surface area contributed by atoms with Crippen LogP contribution in [0.4, 0.5) is 0 Å². The quantitative estimate of drug-likeness (QED) is 0.630. The number of ether oxygens (including phenoxy) is 1. The summed E-state index contributed by atoms with van der Waals surface area (Å²) in [5, 5.41) is 20.1. The van der Waals surface area contributed by atoms with Crippen molar-refractivity contribution in [3.05, 3.63) is 35.9 Å². The highest BCUT2D eigenvalue weighted by Gasteiger charge is 2.02. The molecule has 5 nitrogen and oxygen atoms in total. The molecule has 3 N–H and O–H groups in total. The lowest BCUT2D eigenvalue weighted by Gasteiger charge is -2.06. The van der Waals surface area contributed by atoms with Crippen molar-refractivity contribution in [2.24, 2.45) is 0 Å². The van der Waals surface area contributed by atoms with Crippen LogP contribution in [-0.4, -0.2) is 42.5 Å². The van der Waals surface area contributed by atoms with Crippen molar-refractivity contribution in [3.63, 3.8) is 0 Å². The van der Waals surface area contributed by atoms with E-state index in [0.717, 1.165) is 11.3 Å². The molecule has 5 heteroatoms. The fourth-order valence-corrected chi connectivity index (χ4v) is 1.23. The molecule has 0 saturated heterocycles. The van der Waals surface area contributed by atoms with E-state index >= 15 is 0 Å².